The highest BCUT2D eigenvalue weighted by Crippen LogP contribution is 2.21. The minimum absolute atomic E-state index is 0.218. The zero-order valence-electron chi connectivity index (χ0n) is 10.3. The van der Waals surface area contributed by atoms with Gasteiger partial charge in [0.15, 0.2) is 0 Å². The van der Waals surface area contributed by atoms with Gasteiger partial charge >= 0.3 is 18.2 Å². The van der Waals surface area contributed by atoms with Crippen LogP contribution in [0.4, 0.5) is 24.6 Å². The van der Waals surface area contributed by atoms with E-state index in [9.17, 15) is 24.6 Å². The van der Waals surface area contributed by atoms with E-state index >= 15 is 0 Å². The van der Waals surface area contributed by atoms with Gasteiger partial charge in [-0.2, -0.15) is 0 Å². The molecular formula is C10H20F6Si2. The molecular weight excluding hydrogens is 290 g/mol. The Labute approximate surface area is 107 Å². The first-order valence-electron chi connectivity index (χ1n) is 6.34. The van der Waals surface area contributed by atoms with Crippen LogP contribution >= 0.6 is 0 Å². The van der Waals surface area contributed by atoms with Crippen LogP contribution in [0.3, 0.4) is 0 Å². The Balaban J connectivity index is 3.13. The van der Waals surface area contributed by atoms with Crippen molar-refractivity contribution in [3.05, 3.63) is 0 Å². The summed E-state index contributed by atoms with van der Waals surface area (Å²) < 4.78 is 71.5. The maximum Gasteiger partial charge on any atom is 0.616 e. The van der Waals surface area contributed by atoms with Crippen LogP contribution in [-0.4, -0.2) is 18.2 Å². The molecule has 0 aliphatic rings. The zero-order valence-corrected chi connectivity index (χ0v) is 12.3. The van der Waals surface area contributed by atoms with Gasteiger partial charge < -0.3 is 0 Å². The molecule has 0 rings (SSSR count). The second-order valence-electron chi connectivity index (χ2n) is 4.56. The molecule has 0 spiro atoms. The lowest BCUT2D eigenvalue weighted by molar-refractivity contribution is 0.453. The number of hydrogen-bond acceptors (Lipinski definition) is 0. The maximum absolute atomic E-state index is 11.9. The lowest BCUT2D eigenvalue weighted by atomic mass is 10.1. The average Bonchev–Trinajstić information content (AvgIpc) is 2.17. The summed E-state index contributed by atoms with van der Waals surface area (Å²) in [6, 6.07) is -1.19. The van der Waals surface area contributed by atoms with Gasteiger partial charge in [0.2, 0.25) is 0 Å². The van der Waals surface area contributed by atoms with Gasteiger partial charge in [0.25, 0.3) is 0 Å². The Kier molecular flexibility index (Phi) is 9.01. The molecule has 0 aliphatic heterocycles. The van der Waals surface area contributed by atoms with Crippen LogP contribution in [0, 0.1) is 0 Å². The Morgan fingerprint density at radius 3 is 0.833 bits per heavy atom. The summed E-state index contributed by atoms with van der Waals surface area (Å²) in [4.78, 5) is 0. The van der Waals surface area contributed by atoms with Crippen LogP contribution in [-0.2, 0) is 0 Å². The fourth-order valence-electron chi connectivity index (χ4n) is 1.71. The third kappa shape index (κ3) is 16.0. The van der Waals surface area contributed by atoms with Crippen molar-refractivity contribution < 1.29 is 24.6 Å². The Morgan fingerprint density at radius 1 is 0.389 bits per heavy atom. The molecule has 0 unspecified atom stereocenters. The summed E-state index contributed by atoms with van der Waals surface area (Å²) in [7, 11) is -10.7. The van der Waals surface area contributed by atoms with Gasteiger partial charge in [-0.05, 0) is 12.8 Å². The third-order valence-corrected chi connectivity index (χ3v) is 4.51. The first-order chi connectivity index (χ1) is 8.21. The van der Waals surface area contributed by atoms with Gasteiger partial charge in [0.05, 0.1) is 0 Å². The van der Waals surface area contributed by atoms with Gasteiger partial charge in [-0.1, -0.05) is 38.5 Å². The van der Waals surface area contributed by atoms with Crippen molar-refractivity contribution in [3.63, 3.8) is 0 Å². The summed E-state index contributed by atoms with van der Waals surface area (Å²) in [5, 5.41) is 0. The zero-order chi connectivity index (χ0) is 14.1. The SMILES string of the molecule is F[Si](F)(F)CCCCCCCCCC[Si](F)(F)F. The predicted molar refractivity (Wildman–Crippen MR) is 64.7 cm³/mol. The standard InChI is InChI=1S/C10H20F6Si2/c11-17(12,13)9-7-5-3-1-2-4-6-8-10-18(14,15)16/h1-10H2. The summed E-state index contributed by atoms with van der Waals surface area (Å²) >= 11 is 0. The lowest BCUT2D eigenvalue weighted by Crippen LogP contribution is -2.13. The quantitative estimate of drug-likeness (QED) is 0.196. The van der Waals surface area contributed by atoms with E-state index in [0.717, 1.165) is 25.7 Å². The molecule has 0 nitrogen and oxygen atoms in total. The maximum atomic E-state index is 11.9. The minimum Gasteiger partial charge on any atom is -0.238 e. The number of unbranched alkanes of at least 4 members (excludes halogenated alkanes) is 7. The molecule has 0 atom stereocenters. The summed E-state index contributed by atoms with van der Waals surface area (Å²) in [5.41, 5.74) is 0. The predicted octanol–water partition coefficient (Wildman–Crippen LogP) is 5.80. The largest absolute Gasteiger partial charge is 0.616 e. The van der Waals surface area contributed by atoms with E-state index in [1.165, 1.54) is 0 Å². The average molecular weight is 310 g/mol. The monoisotopic (exact) mass is 310 g/mol. The van der Waals surface area contributed by atoms with Gasteiger partial charge in [0.1, 0.15) is 0 Å². The highest BCUT2D eigenvalue weighted by Gasteiger charge is 2.35. The van der Waals surface area contributed by atoms with Crippen LogP contribution in [0.5, 0.6) is 0 Å². The fourth-order valence-corrected chi connectivity index (χ4v) is 3.01. The van der Waals surface area contributed by atoms with Gasteiger partial charge in [0, 0.05) is 12.1 Å². The second-order valence-corrected chi connectivity index (χ2v) is 8.02. The first kappa shape index (κ1) is 18.0. The van der Waals surface area contributed by atoms with E-state index < -0.39 is 30.2 Å². The molecule has 0 N–H and O–H groups in total. The Morgan fingerprint density at radius 2 is 0.611 bits per heavy atom. The van der Waals surface area contributed by atoms with Crippen molar-refractivity contribution >= 4 is 18.2 Å². The molecule has 0 saturated heterocycles. The smallest absolute Gasteiger partial charge is 0.238 e. The van der Waals surface area contributed by atoms with Crippen molar-refractivity contribution in [3.8, 4) is 0 Å². The number of halogens is 6. The Bertz CT molecular complexity index is 180. The van der Waals surface area contributed by atoms with Crippen molar-refractivity contribution in [2.75, 3.05) is 0 Å². The van der Waals surface area contributed by atoms with E-state index in [-0.39, 0.29) is 12.8 Å². The summed E-state index contributed by atoms with van der Waals surface area (Å²) in [6.45, 7) is 0. The van der Waals surface area contributed by atoms with E-state index in [2.05, 4.69) is 0 Å². The molecule has 0 saturated carbocycles. The molecule has 0 heterocycles. The van der Waals surface area contributed by atoms with Gasteiger partial charge in [-0.15, -0.1) is 0 Å². The summed E-state index contributed by atoms with van der Waals surface area (Å²) in [5.74, 6) is 0. The molecule has 110 valence electrons. The van der Waals surface area contributed by atoms with Crippen LogP contribution < -0.4 is 0 Å². The van der Waals surface area contributed by atoms with Crippen LogP contribution in [0.1, 0.15) is 51.4 Å². The molecule has 0 aliphatic carbocycles. The molecule has 0 fully saturated rings. The Hall–Kier alpha value is 0.0138. The number of hydrogen-bond donors (Lipinski definition) is 0. The first-order valence-corrected chi connectivity index (χ1v) is 10.0. The van der Waals surface area contributed by atoms with Crippen LogP contribution in [0.15, 0.2) is 0 Å². The van der Waals surface area contributed by atoms with E-state index in [4.69, 9.17) is 0 Å². The highest BCUT2D eigenvalue weighted by atomic mass is 28.5. The van der Waals surface area contributed by atoms with E-state index in [1.54, 1.807) is 0 Å². The van der Waals surface area contributed by atoms with Crippen LogP contribution in [0.2, 0.25) is 12.1 Å². The van der Waals surface area contributed by atoms with Crippen molar-refractivity contribution in [1.82, 2.24) is 0 Å². The molecule has 0 amide bonds. The second kappa shape index (κ2) is 9.00. The number of rotatable bonds is 11. The third-order valence-electron chi connectivity index (χ3n) is 2.67. The molecule has 0 radical (unpaired) electrons. The topological polar surface area (TPSA) is 0 Å². The molecule has 0 aromatic carbocycles. The molecule has 0 aromatic rings. The molecule has 18 heavy (non-hydrogen) atoms. The molecule has 0 bridgehead atoms. The fraction of sp³-hybridized carbons (Fsp3) is 1.00. The lowest BCUT2D eigenvalue weighted by Gasteiger charge is -2.04. The van der Waals surface area contributed by atoms with Crippen molar-refractivity contribution in [2.45, 2.75) is 63.5 Å². The summed E-state index contributed by atoms with van der Waals surface area (Å²) in [6.07, 6.45) is 4.80. The van der Waals surface area contributed by atoms with Gasteiger partial charge in [-0.25, -0.2) is 24.6 Å². The minimum atomic E-state index is -5.36. The van der Waals surface area contributed by atoms with Crippen molar-refractivity contribution in [2.24, 2.45) is 0 Å². The molecule has 8 heteroatoms. The molecule has 0 aromatic heterocycles. The van der Waals surface area contributed by atoms with Crippen molar-refractivity contribution in [1.29, 1.82) is 0 Å². The van der Waals surface area contributed by atoms with E-state index in [0.29, 0.717) is 12.8 Å². The van der Waals surface area contributed by atoms with Gasteiger partial charge in [-0.3, -0.25) is 0 Å². The normalized spacial score (nSPS) is 13.0. The highest BCUT2D eigenvalue weighted by molar-refractivity contribution is 6.58. The van der Waals surface area contributed by atoms with E-state index in [1.807, 2.05) is 0 Å². The van der Waals surface area contributed by atoms with Crippen LogP contribution in [0.25, 0.3) is 0 Å².